The first-order valence-corrected chi connectivity index (χ1v) is 11.9. The number of rotatable bonds is 10. The minimum absolute atomic E-state index is 0.0117. The van der Waals surface area contributed by atoms with Crippen LogP contribution in [0.3, 0.4) is 0 Å². The Morgan fingerprint density at radius 1 is 1.26 bits per heavy atom. The van der Waals surface area contributed by atoms with Gasteiger partial charge in [-0.2, -0.15) is 5.26 Å². The summed E-state index contributed by atoms with van der Waals surface area (Å²) in [6.07, 6.45) is 4.72. The maximum Gasteiger partial charge on any atom is 0.268 e. The van der Waals surface area contributed by atoms with E-state index in [1.807, 2.05) is 18.2 Å². The van der Waals surface area contributed by atoms with E-state index in [0.717, 1.165) is 36.6 Å². The van der Waals surface area contributed by atoms with Crippen LogP contribution in [0.5, 0.6) is 5.75 Å². The van der Waals surface area contributed by atoms with Crippen molar-refractivity contribution < 1.29 is 19.1 Å². The van der Waals surface area contributed by atoms with Crippen molar-refractivity contribution in [2.45, 2.75) is 50.6 Å². The average molecular weight is 466 g/mol. The molecule has 0 radical (unpaired) electrons. The lowest BCUT2D eigenvalue weighted by atomic mass is 9.95. The van der Waals surface area contributed by atoms with E-state index in [1.54, 1.807) is 13.2 Å². The van der Waals surface area contributed by atoms with Crippen LogP contribution in [0.1, 0.15) is 49.0 Å². The van der Waals surface area contributed by atoms with Crippen molar-refractivity contribution in [1.82, 2.24) is 20.9 Å². The number of aromatic nitrogens is 1. The fraction of sp³-hybridized carbons (Fsp3) is 0.520. The van der Waals surface area contributed by atoms with Crippen LogP contribution in [0.4, 0.5) is 0 Å². The molecule has 1 saturated carbocycles. The maximum atomic E-state index is 13.3. The van der Waals surface area contributed by atoms with E-state index in [4.69, 9.17) is 4.74 Å². The zero-order valence-electron chi connectivity index (χ0n) is 19.4. The second-order valence-electron chi connectivity index (χ2n) is 9.12. The lowest BCUT2D eigenvalue weighted by Gasteiger charge is -2.23. The highest BCUT2D eigenvalue weighted by molar-refractivity contribution is 6.02. The number of carbonyl (C=O) groups is 3. The predicted molar refractivity (Wildman–Crippen MR) is 126 cm³/mol. The summed E-state index contributed by atoms with van der Waals surface area (Å²) in [6.45, 7) is 0.757. The Kier molecular flexibility index (Phi) is 7.48. The topological polar surface area (TPSA) is 136 Å². The van der Waals surface area contributed by atoms with E-state index in [-0.39, 0.29) is 36.0 Å². The Labute approximate surface area is 198 Å². The number of hydrogen-bond acceptors (Lipinski definition) is 6. The summed E-state index contributed by atoms with van der Waals surface area (Å²) in [5.41, 5.74) is 1.10. The number of nitrogens with zero attached hydrogens (tertiary/aromatic N) is 1. The van der Waals surface area contributed by atoms with Crippen LogP contribution in [0.2, 0.25) is 0 Å². The zero-order valence-corrected chi connectivity index (χ0v) is 19.4. The first-order chi connectivity index (χ1) is 16.5. The van der Waals surface area contributed by atoms with Gasteiger partial charge in [-0.25, -0.2) is 0 Å². The van der Waals surface area contributed by atoms with Gasteiger partial charge in [-0.3, -0.25) is 19.7 Å². The van der Waals surface area contributed by atoms with Crippen LogP contribution < -0.4 is 20.7 Å². The van der Waals surface area contributed by atoms with Gasteiger partial charge in [-0.15, -0.1) is 0 Å². The van der Waals surface area contributed by atoms with Crippen LogP contribution in [-0.2, 0) is 9.59 Å². The molecule has 3 atom stereocenters. The van der Waals surface area contributed by atoms with Crippen molar-refractivity contribution in [2.75, 3.05) is 20.2 Å². The molecule has 2 fully saturated rings. The Balaban J connectivity index is 1.47. The number of nitrogens with one attached hydrogen (secondary N) is 4. The minimum atomic E-state index is -0.767. The second-order valence-corrected chi connectivity index (χ2v) is 9.12. The van der Waals surface area contributed by atoms with Crippen molar-refractivity contribution >= 4 is 28.5 Å². The SMILES string of the molecule is COc1cccc2[nH]c(C(=O)N[C@@H](CN[C@H](C#N)C[C@@H]3CCNC3=O)C(=O)C3CCCC3)cc12. The van der Waals surface area contributed by atoms with Gasteiger partial charge < -0.3 is 20.4 Å². The van der Waals surface area contributed by atoms with Crippen LogP contribution in [0.15, 0.2) is 24.3 Å². The van der Waals surface area contributed by atoms with E-state index < -0.39 is 12.1 Å². The summed E-state index contributed by atoms with van der Waals surface area (Å²) in [7, 11) is 1.57. The Hall–Kier alpha value is -3.38. The van der Waals surface area contributed by atoms with Gasteiger partial charge in [-0.05, 0) is 43.9 Å². The molecule has 1 aliphatic carbocycles. The van der Waals surface area contributed by atoms with Gasteiger partial charge in [0.05, 0.1) is 19.2 Å². The summed E-state index contributed by atoms with van der Waals surface area (Å²) >= 11 is 0. The van der Waals surface area contributed by atoms with E-state index >= 15 is 0 Å². The minimum Gasteiger partial charge on any atom is -0.496 e. The molecular formula is C25H31N5O4. The number of ether oxygens (including phenoxy) is 1. The molecule has 4 N–H and O–H groups in total. The molecule has 1 aromatic carbocycles. The van der Waals surface area contributed by atoms with Gasteiger partial charge in [0.15, 0.2) is 5.78 Å². The molecule has 2 aliphatic rings. The molecule has 0 unspecified atom stereocenters. The fourth-order valence-corrected chi connectivity index (χ4v) is 4.98. The number of benzene rings is 1. The van der Waals surface area contributed by atoms with E-state index in [9.17, 15) is 19.6 Å². The smallest absolute Gasteiger partial charge is 0.268 e. The van der Waals surface area contributed by atoms with Crippen LogP contribution in [0, 0.1) is 23.2 Å². The number of Topliss-reactive ketones (excluding diaryl/α,β-unsaturated/α-hetero) is 1. The molecule has 1 saturated heterocycles. The first-order valence-electron chi connectivity index (χ1n) is 11.9. The molecule has 9 heteroatoms. The molecule has 34 heavy (non-hydrogen) atoms. The van der Waals surface area contributed by atoms with E-state index in [2.05, 4.69) is 27.0 Å². The molecule has 9 nitrogen and oxygen atoms in total. The normalized spacial score (nSPS) is 20.0. The Morgan fingerprint density at radius 3 is 2.74 bits per heavy atom. The third kappa shape index (κ3) is 5.23. The predicted octanol–water partition coefficient (Wildman–Crippen LogP) is 2.04. The molecule has 4 rings (SSSR count). The molecule has 0 bridgehead atoms. The molecule has 180 valence electrons. The standard InChI is InChI=1S/C25H31N5O4/c1-34-22-8-4-7-19-18(22)12-20(29-19)25(33)30-21(23(31)15-5-2-3-6-15)14-28-17(13-26)11-16-9-10-27-24(16)32/h4,7-8,12,15-17,21,28-29H,2-3,5-6,9-11,14H2,1H3,(H,27,32)(H,30,33)/t16-,17-,21-/m0/s1. The highest BCUT2D eigenvalue weighted by Crippen LogP contribution is 2.28. The number of fused-ring (bicyclic) bond motifs is 1. The molecular weight excluding hydrogens is 434 g/mol. The summed E-state index contributed by atoms with van der Waals surface area (Å²) in [5.74, 6) is -0.0837. The molecule has 2 amide bonds. The monoisotopic (exact) mass is 465 g/mol. The van der Waals surface area contributed by atoms with Crippen molar-refractivity contribution in [2.24, 2.45) is 11.8 Å². The summed E-state index contributed by atoms with van der Waals surface area (Å²) in [5, 5.41) is 19.2. The molecule has 1 aromatic heterocycles. The summed E-state index contributed by atoms with van der Waals surface area (Å²) < 4.78 is 5.37. The van der Waals surface area contributed by atoms with Gasteiger partial charge in [0.1, 0.15) is 17.5 Å². The third-order valence-electron chi connectivity index (χ3n) is 6.90. The van der Waals surface area contributed by atoms with E-state index in [0.29, 0.717) is 30.8 Å². The maximum absolute atomic E-state index is 13.3. The van der Waals surface area contributed by atoms with Crippen LogP contribution >= 0.6 is 0 Å². The number of methoxy groups -OCH3 is 1. The Morgan fingerprint density at radius 2 is 2.06 bits per heavy atom. The number of aromatic amines is 1. The van der Waals surface area contributed by atoms with Gasteiger partial charge >= 0.3 is 0 Å². The second kappa shape index (κ2) is 10.7. The average Bonchev–Trinajstić information content (AvgIpc) is 3.61. The number of nitriles is 1. The fourth-order valence-electron chi connectivity index (χ4n) is 4.98. The number of H-pyrrole nitrogens is 1. The van der Waals surface area contributed by atoms with Crippen molar-refractivity contribution in [3.8, 4) is 11.8 Å². The number of ketones is 1. The lowest BCUT2D eigenvalue weighted by molar-refractivity contribution is -0.125. The van der Waals surface area contributed by atoms with Crippen molar-refractivity contribution in [3.63, 3.8) is 0 Å². The highest BCUT2D eigenvalue weighted by atomic mass is 16.5. The van der Waals surface area contributed by atoms with Gasteiger partial charge in [0.25, 0.3) is 5.91 Å². The van der Waals surface area contributed by atoms with Gasteiger partial charge in [0, 0.05) is 35.8 Å². The summed E-state index contributed by atoms with van der Waals surface area (Å²) in [6, 6.07) is 8.07. The largest absolute Gasteiger partial charge is 0.496 e. The number of amides is 2. The van der Waals surface area contributed by atoms with Crippen molar-refractivity contribution in [3.05, 3.63) is 30.0 Å². The molecule has 0 spiro atoms. The van der Waals surface area contributed by atoms with Gasteiger partial charge in [-0.1, -0.05) is 18.9 Å². The van der Waals surface area contributed by atoms with Crippen molar-refractivity contribution in [1.29, 1.82) is 5.26 Å². The van der Waals surface area contributed by atoms with Gasteiger partial charge in [0.2, 0.25) is 5.91 Å². The van der Waals surface area contributed by atoms with Crippen LogP contribution in [0.25, 0.3) is 10.9 Å². The summed E-state index contributed by atoms with van der Waals surface area (Å²) in [4.78, 5) is 41.3. The Bertz CT molecular complexity index is 1100. The molecule has 2 heterocycles. The highest BCUT2D eigenvalue weighted by Gasteiger charge is 2.32. The van der Waals surface area contributed by atoms with E-state index in [1.165, 1.54) is 0 Å². The molecule has 2 aromatic rings. The quantitative estimate of drug-likeness (QED) is 0.424. The third-order valence-corrected chi connectivity index (χ3v) is 6.90. The number of hydrogen-bond donors (Lipinski definition) is 4. The first kappa shape index (κ1) is 23.8. The zero-order chi connectivity index (χ0) is 24.1. The lowest BCUT2D eigenvalue weighted by Crippen LogP contribution is -2.51. The van der Waals surface area contributed by atoms with Crippen LogP contribution in [-0.4, -0.2) is 54.9 Å². The molecule has 1 aliphatic heterocycles. The number of carbonyl (C=O) groups excluding carboxylic acids is 3.